The summed E-state index contributed by atoms with van der Waals surface area (Å²) < 4.78 is 27.6. The molecular weight excluding hydrogens is 454 g/mol. The quantitative estimate of drug-likeness (QED) is 0.641. The van der Waals surface area contributed by atoms with Gasteiger partial charge < -0.3 is 10.2 Å². The molecule has 6 nitrogen and oxygen atoms in total. The maximum atomic E-state index is 12.8. The fourth-order valence-corrected chi connectivity index (χ4v) is 5.43. The lowest BCUT2D eigenvalue weighted by atomic mass is 10.2. The maximum Gasteiger partial charge on any atom is 0.256 e. The minimum absolute atomic E-state index is 0.143. The summed E-state index contributed by atoms with van der Waals surface area (Å²) in [6.45, 7) is 7.07. The summed E-state index contributed by atoms with van der Waals surface area (Å²) in [5.41, 5.74) is 2.04. The number of rotatable bonds is 7. The van der Waals surface area contributed by atoms with Crippen molar-refractivity contribution in [1.82, 2.24) is 4.31 Å². The largest absolute Gasteiger partial charge is 0.372 e. The van der Waals surface area contributed by atoms with Crippen molar-refractivity contribution < 1.29 is 13.2 Å². The van der Waals surface area contributed by atoms with Gasteiger partial charge in [0.2, 0.25) is 10.0 Å². The molecule has 3 rings (SSSR count). The van der Waals surface area contributed by atoms with E-state index in [1.165, 1.54) is 16.4 Å². The molecule has 0 aliphatic carbocycles. The van der Waals surface area contributed by atoms with Crippen LogP contribution >= 0.6 is 15.9 Å². The molecule has 2 aromatic rings. The summed E-state index contributed by atoms with van der Waals surface area (Å²) in [5.74, 6) is -0.356. The van der Waals surface area contributed by atoms with Crippen molar-refractivity contribution in [2.45, 2.75) is 31.6 Å². The van der Waals surface area contributed by atoms with E-state index in [1.807, 2.05) is 24.3 Å². The lowest BCUT2D eigenvalue weighted by Crippen LogP contribution is -2.28. The van der Waals surface area contributed by atoms with Crippen molar-refractivity contribution >= 4 is 43.2 Å². The fraction of sp³-hybridized carbons (Fsp3) is 0.381. The van der Waals surface area contributed by atoms with E-state index >= 15 is 0 Å². The number of amides is 1. The molecule has 0 bridgehead atoms. The van der Waals surface area contributed by atoms with Gasteiger partial charge in [-0.25, -0.2) is 8.42 Å². The highest BCUT2D eigenvalue weighted by Crippen LogP contribution is 2.26. The smallest absolute Gasteiger partial charge is 0.256 e. The van der Waals surface area contributed by atoms with Crippen molar-refractivity contribution in [3.8, 4) is 0 Å². The fourth-order valence-electron chi connectivity index (χ4n) is 3.46. The molecule has 1 heterocycles. The molecule has 1 N–H and O–H groups in total. The number of carbonyl (C=O) groups excluding carboxylic acids is 1. The molecule has 1 fully saturated rings. The number of hydrogen-bond acceptors (Lipinski definition) is 4. The standard InChI is InChI=1S/C21H26BrN3O3S/c1-3-24(4-2)17-9-7-16(8-10-17)23-21(26)19-15-18(11-12-20(19)22)29(27,28)25-13-5-6-14-25/h7-12,15H,3-6,13-14H2,1-2H3,(H,23,26). The van der Waals surface area contributed by atoms with Crippen LogP contribution in [0.4, 0.5) is 11.4 Å². The minimum Gasteiger partial charge on any atom is -0.372 e. The number of nitrogens with one attached hydrogen (secondary N) is 1. The summed E-state index contributed by atoms with van der Waals surface area (Å²) in [7, 11) is -3.58. The molecular formula is C21H26BrN3O3S. The first-order chi connectivity index (χ1) is 13.9. The molecule has 1 aliphatic rings. The van der Waals surface area contributed by atoms with Crippen LogP contribution in [0.25, 0.3) is 0 Å². The molecule has 29 heavy (non-hydrogen) atoms. The Morgan fingerprint density at radius 1 is 1.07 bits per heavy atom. The van der Waals surface area contributed by atoms with Gasteiger partial charge in [-0.15, -0.1) is 0 Å². The van der Waals surface area contributed by atoms with Gasteiger partial charge in [-0.2, -0.15) is 4.31 Å². The summed E-state index contributed by atoms with van der Waals surface area (Å²) >= 11 is 3.37. The number of nitrogens with zero attached hydrogens (tertiary/aromatic N) is 2. The zero-order valence-electron chi connectivity index (χ0n) is 16.7. The van der Waals surface area contributed by atoms with E-state index in [0.29, 0.717) is 23.2 Å². The van der Waals surface area contributed by atoms with Gasteiger partial charge in [0, 0.05) is 42.0 Å². The first kappa shape index (κ1) is 21.8. The highest BCUT2D eigenvalue weighted by atomic mass is 79.9. The van der Waals surface area contributed by atoms with Crippen LogP contribution in [0.2, 0.25) is 0 Å². The van der Waals surface area contributed by atoms with E-state index in [9.17, 15) is 13.2 Å². The first-order valence-corrected chi connectivity index (χ1v) is 12.1. The Bertz CT molecular complexity index is 967. The lowest BCUT2D eigenvalue weighted by molar-refractivity contribution is 0.102. The monoisotopic (exact) mass is 479 g/mol. The Labute approximate surface area is 181 Å². The lowest BCUT2D eigenvalue weighted by Gasteiger charge is -2.21. The van der Waals surface area contributed by atoms with Gasteiger partial charge in [-0.05, 0) is 85.1 Å². The number of benzene rings is 2. The van der Waals surface area contributed by atoms with Crippen LogP contribution in [0.5, 0.6) is 0 Å². The molecule has 0 unspecified atom stereocenters. The minimum atomic E-state index is -3.58. The Morgan fingerprint density at radius 2 is 1.69 bits per heavy atom. The van der Waals surface area contributed by atoms with Crippen molar-refractivity contribution in [2.24, 2.45) is 0 Å². The molecule has 0 aromatic heterocycles. The molecule has 1 saturated heterocycles. The summed E-state index contributed by atoms with van der Waals surface area (Å²) in [4.78, 5) is 15.2. The highest BCUT2D eigenvalue weighted by molar-refractivity contribution is 9.10. The van der Waals surface area contributed by atoms with Gasteiger partial charge >= 0.3 is 0 Å². The molecule has 8 heteroatoms. The van der Waals surface area contributed by atoms with Crippen LogP contribution in [0.1, 0.15) is 37.0 Å². The van der Waals surface area contributed by atoms with Gasteiger partial charge in [-0.1, -0.05) is 0 Å². The number of halogens is 1. The molecule has 0 radical (unpaired) electrons. The van der Waals surface area contributed by atoms with Crippen LogP contribution in [0.15, 0.2) is 51.8 Å². The third kappa shape index (κ3) is 4.82. The van der Waals surface area contributed by atoms with Gasteiger partial charge in [0.15, 0.2) is 0 Å². The zero-order valence-corrected chi connectivity index (χ0v) is 19.1. The number of anilines is 2. The maximum absolute atomic E-state index is 12.8. The number of sulfonamides is 1. The zero-order chi connectivity index (χ0) is 21.0. The second-order valence-corrected chi connectivity index (χ2v) is 9.72. The third-order valence-electron chi connectivity index (χ3n) is 5.14. The topological polar surface area (TPSA) is 69.7 Å². The van der Waals surface area contributed by atoms with E-state index in [1.54, 1.807) is 6.07 Å². The highest BCUT2D eigenvalue weighted by Gasteiger charge is 2.28. The Morgan fingerprint density at radius 3 is 2.28 bits per heavy atom. The normalized spacial score (nSPS) is 14.7. The van der Waals surface area contributed by atoms with Crippen LogP contribution in [0.3, 0.4) is 0 Å². The van der Waals surface area contributed by atoms with Gasteiger partial charge in [-0.3, -0.25) is 4.79 Å². The first-order valence-electron chi connectivity index (χ1n) is 9.83. The molecule has 2 aromatic carbocycles. The van der Waals surface area contributed by atoms with E-state index in [0.717, 1.165) is 31.6 Å². The SMILES string of the molecule is CCN(CC)c1ccc(NC(=O)c2cc(S(=O)(=O)N3CCCC3)ccc2Br)cc1. The molecule has 0 spiro atoms. The second kappa shape index (κ2) is 9.28. The third-order valence-corrected chi connectivity index (χ3v) is 7.73. The van der Waals surface area contributed by atoms with Crippen molar-refractivity contribution in [2.75, 3.05) is 36.4 Å². The average molecular weight is 480 g/mol. The Hall–Kier alpha value is -1.90. The van der Waals surface area contributed by atoms with Crippen molar-refractivity contribution in [3.05, 3.63) is 52.5 Å². The summed E-state index contributed by atoms with van der Waals surface area (Å²) in [6, 6.07) is 12.2. The van der Waals surface area contributed by atoms with E-state index in [4.69, 9.17) is 0 Å². The van der Waals surface area contributed by atoms with Crippen LogP contribution in [0, 0.1) is 0 Å². The molecule has 156 valence electrons. The Balaban J connectivity index is 1.80. The predicted octanol–water partition coefficient (Wildman–Crippen LogP) is 4.33. The second-order valence-electron chi connectivity index (χ2n) is 6.93. The van der Waals surface area contributed by atoms with Gasteiger partial charge in [0.05, 0.1) is 10.5 Å². The van der Waals surface area contributed by atoms with Crippen LogP contribution < -0.4 is 10.2 Å². The van der Waals surface area contributed by atoms with Crippen LogP contribution in [-0.4, -0.2) is 44.8 Å². The van der Waals surface area contributed by atoms with Gasteiger partial charge in [0.25, 0.3) is 5.91 Å². The van der Waals surface area contributed by atoms with E-state index < -0.39 is 10.0 Å². The number of carbonyl (C=O) groups is 1. The number of hydrogen-bond donors (Lipinski definition) is 1. The van der Waals surface area contributed by atoms with E-state index in [-0.39, 0.29) is 16.4 Å². The predicted molar refractivity (Wildman–Crippen MR) is 120 cm³/mol. The Kier molecular flexibility index (Phi) is 6.97. The van der Waals surface area contributed by atoms with Crippen LogP contribution in [-0.2, 0) is 10.0 Å². The van der Waals surface area contributed by atoms with Crippen molar-refractivity contribution in [1.29, 1.82) is 0 Å². The van der Waals surface area contributed by atoms with Crippen molar-refractivity contribution in [3.63, 3.8) is 0 Å². The molecule has 0 atom stereocenters. The molecule has 0 saturated carbocycles. The average Bonchev–Trinajstić information content (AvgIpc) is 3.26. The van der Waals surface area contributed by atoms with E-state index in [2.05, 4.69) is 40.0 Å². The molecule has 1 amide bonds. The van der Waals surface area contributed by atoms with Gasteiger partial charge in [0.1, 0.15) is 0 Å². The summed E-state index contributed by atoms with van der Waals surface area (Å²) in [6.07, 6.45) is 1.74. The summed E-state index contributed by atoms with van der Waals surface area (Å²) in [5, 5.41) is 2.85. The molecule has 1 aliphatic heterocycles.